The lowest BCUT2D eigenvalue weighted by molar-refractivity contribution is 0.168. The van der Waals surface area contributed by atoms with Gasteiger partial charge in [0, 0.05) is 20.1 Å². The molecule has 0 radical (unpaired) electrons. The van der Waals surface area contributed by atoms with Crippen molar-refractivity contribution in [3.8, 4) is 6.01 Å². The number of hydrogen-bond acceptors (Lipinski definition) is 5. The van der Waals surface area contributed by atoms with E-state index in [0.717, 1.165) is 24.6 Å². The third kappa shape index (κ3) is 5.24. The molecule has 0 amide bonds. The number of nitrogens with zero attached hydrogens (tertiary/aromatic N) is 2. The number of nitrogens with one attached hydrogen (secondary N) is 1. The predicted molar refractivity (Wildman–Crippen MR) is 84.8 cm³/mol. The fourth-order valence-electron chi connectivity index (χ4n) is 2.14. The minimum absolute atomic E-state index is 0.209. The van der Waals surface area contributed by atoms with Crippen molar-refractivity contribution in [1.29, 1.82) is 0 Å². The number of methoxy groups -OCH3 is 1. The van der Waals surface area contributed by atoms with E-state index in [1.807, 2.05) is 0 Å². The molecule has 1 N–H and O–H groups in total. The van der Waals surface area contributed by atoms with E-state index in [1.165, 1.54) is 6.20 Å². The van der Waals surface area contributed by atoms with Crippen LogP contribution < -0.4 is 9.72 Å². The summed E-state index contributed by atoms with van der Waals surface area (Å²) in [5, 5.41) is 0. The number of hydrogen-bond donors (Lipinski definition) is 1. The second kappa shape index (κ2) is 8.94. The van der Waals surface area contributed by atoms with Crippen LogP contribution in [0.5, 0.6) is 6.01 Å². The van der Waals surface area contributed by atoms with Gasteiger partial charge in [-0.3, -0.25) is 0 Å². The van der Waals surface area contributed by atoms with Gasteiger partial charge in [-0.1, -0.05) is 20.8 Å². The summed E-state index contributed by atoms with van der Waals surface area (Å²) < 4.78 is 24.3. The van der Waals surface area contributed by atoms with Crippen molar-refractivity contribution >= 4 is 14.1 Å². The summed E-state index contributed by atoms with van der Waals surface area (Å²) in [4.78, 5) is 11.4. The maximum Gasteiger partial charge on any atom is 0.318 e. The van der Waals surface area contributed by atoms with E-state index in [-0.39, 0.29) is 11.8 Å². The summed E-state index contributed by atoms with van der Waals surface area (Å²) in [6.07, 6.45) is 1.92. The summed E-state index contributed by atoms with van der Waals surface area (Å²) in [6.45, 7) is 7.51. The van der Waals surface area contributed by atoms with Gasteiger partial charge >= 0.3 is 6.01 Å². The van der Waals surface area contributed by atoms with E-state index < -0.39 is 14.1 Å². The van der Waals surface area contributed by atoms with Gasteiger partial charge in [-0.25, -0.2) is 9.37 Å². The Hall–Kier alpha value is -1.21. The average molecular weight is 315 g/mol. The van der Waals surface area contributed by atoms with Gasteiger partial charge in [0.15, 0.2) is 19.9 Å². The van der Waals surface area contributed by atoms with Crippen LogP contribution in [-0.4, -0.2) is 38.5 Å². The maximum absolute atomic E-state index is 13.9. The van der Waals surface area contributed by atoms with Crippen LogP contribution in [0.2, 0.25) is 18.1 Å². The molecule has 0 saturated heterocycles. The maximum atomic E-state index is 13.9. The first-order valence-electron chi connectivity index (χ1n) is 7.53. The topological polar surface area (TPSA) is 56.3 Å². The summed E-state index contributed by atoms with van der Waals surface area (Å²) in [5.74, 6) is -0.157. The molecule has 0 aliphatic rings. The second-order valence-corrected chi connectivity index (χ2v) is 9.94. The van der Waals surface area contributed by atoms with Crippen molar-refractivity contribution in [3.63, 3.8) is 0 Å². The van der Waals surface area contributed by atoms with Crippen molar-refractivity contribution in [2.75, 3.05) is 25.3 Å². The molecule has 0 aliphatic heterocycles. The van der Waals surface area contributed by atoms with Crippen LogP contribution in [0.15, 0.2) is 6.20 Å². The summed E-state index contributed by atoms with van der Waals surface area (Å²) in [6, 6.07) is 3.32. The van der Waals surface area contributed by atoms with E-state index in [9.17, 15) is 4.39 Å². The van der Waals surface area contributed by atoms with Crippen molar-refractivity contribution in [2.24, 2.45) is 0 Å². The van der Waals surface area contributed by atoms with Crippen molar-refractivity contribution in [3.05, 3.63) is 12.0 Å². The predicted octanol–water partition coefficient (Wildman–Crippen LogP) is 3.45. The number of halogens is 1. The lowest BCUT2D eigenvalue weighted by Gasteiger charge is -2.29. The zero-order chi connectivity index (χ0) is 15.7. The first-order valence-corrected chi connectivity index (χ1v) is 10.1. The molecule has 120 valence electrons. The molecule has 0 saturated carbocycles. The van der Waals surface area contributed by atoms with Crippen LogP contribution >= 0.6 is 0 Å². The molecule has 5 nitrogen and oxygen atoms in total. The van der Waals surface area contributed by atoms with E-state index in [0.29, 0.717) is 13.2 Å². The van der Waals surface area contributed by atoms with Gasteiger partial charge in [0.2, 0.25) is 0 Å². The lowest BCUT2D eigenvalue weighted by atomic mass is 10.5. The fourth-order valence-corrected chi connectivity index (χ4v) is 4.85. The highest BCUT2D eigenvalue weighted by Gasteiger charge is 2.29. The molecule has 1 rings (SSSR count). The van der Waals surface area contributed by atoms with Gasteiger partial charge < -0.3 is 14.5 Å². The summed E-state index contributed by atoms with van der Waals surface area (Å²) in [5.41, 5.74) is 0. The van der Waals surface area contributed by atoms with Crippen LogP contribution in [0.1, 0.15) is 27.2 Å². The Morgan fingerprint density at radius 3 is 2.43 bits per heavy atom. The molecule has 1 aromatic heterocycles. The Morgan fingerprint density at radius 1 is 1.19 bits per heavy atom. The highest BCUT2D eigenvalue weighted by atomic mass is 28.3. The van der Waals surface area contributed by atoms with Crippen LogP contribution in [0.4, 0.5) is 10.2 Å². The fraction of sp³-hybridized carbons (Fsp3) is 0.714. The first-order chi connectivity index (χ1) is 10.1. The molecular weight excluding hydrogens is 289 g/mol. The second-order valence-electron chi connectivity index (χ2n) is 5.01. The zero-order valence-electron chi connectivity index (χ0n) is 13.4. The smallest absolute Gasteiger partial charge is 0.318 e. The summed E-state index contributed by atoms with van der Waals surface area (Å²) in [7, 11) is -0.0725. The molecule has 0 fully saturated rings. The van der Waals surface area contributed by atoms with Crippen molar-refractivity contribution < 1.29 is 13.9 Å². The molecule has 0 aromatic carbocycles. The standard InChI is InChI=1S/C14H26FN3O2Si/c1-5-21(6-2,7-3)18-13-12(15)11-16-14(17-13)20-10-8-9-19-4/h11H,5-10H2,1-4H3,(H,16,17,18). The minimum atomic E-state index is -1.71. The number of anilines is 1. The molecule has 1 aromatic rings. The molecule has 0 atom stereocenters. The van der Waals surface area contributed by atoms with E-state index in [1.54, 1.807) is 7.11 Å². The highest BCUT2D eigenvalue weighted by Crippen LogP contribution is 2.24. The third-order valence-electron chi connectivity index (χ3n) is 3.86. The summed E-state index contributed by atoms with van der Waals surface area (Å²) >= 11 is 0. The Morgan fingerprint density at radius 2 is 1.86 bits per heavy atom. The van der Waals surface area contributed by atoms with Crippen LogP contribution in [0.25, 0.3) is 0 Å². The minimum Gasteiger partial charge on any atom is -0.463 e. The average Bonchev–Trinajstić information content (AvgIpc) is 2.52. The molecule has 0 unspecified atom stereocenters. The molecule has 1 heterocycles. The van der Waals surface area contributed by atoms with Crippen LogP contribution in [0, 0.1) is 5.82 Å². The largest absolute Gasteiger partial charge is 0.463 e. The van der Waals surface area contributed by atoms with Crippen molar-refractivity contribution in [1.82, 2.24) is 9.97 Å². The normalized spacial score (nSPS) is 11.5. The Labute approximate surface area is 127 Å². The lowest BCUT2D eigenvalue weighted by Crippen LogP contribution is -2.42. The van der Waals surface area contributed by atoms with Gasteiger partial charge in [-0.15, -0.1) is 0 Å². The first kappa shape index (κ1) is 17.8. The Balaban J connectivity index is 2.77. The number of aromatic nitrogens is 2. The molecule has 0 aliphatic carbocycles. The van der Waals surface area contributed by atoms with Crippen LogP contribution in [0.3, 0.4) is 0 Å². The van der Waals surface area contributed by atoms with Crippen molar-refractivity contribution in [2.45, 2.75) is 45.3 Å². The van der Waals surface area contributed by atoms with Crippen LogP contribution in [-0.2, 0) is 4.74 Å². The monoisotopic (exact) mass is 315 g/mol. The number of rotatable bonds is 10. The quantitative estimate of drug-likeness (QED) is 0.529. The van der Waals surface area contributed by atoms with E-state index in [2.05, 4.69) is 35.7 Å². The third-order valence-corrected chi connectivity index (χ3v) is 8.69. The highest BCUT2D eigenvalue weighted by molar-refractivity contribution is 6.82. The van der Waals surface area contributed by atoms with E-state index >= 15 is 0 Å². The van der Waals surface area contributed by atoms with Gasteiger partial charge in [0.25, 0.3) is 0 Å². The SMILES string of the molecule is CC[Si](CC)(CC)Nc1nc(OCCCOC)ncc1F. The van der Waals surface area contributed by atoms with E-state index in [4.69, 9.17) is 9.47 Å². The molecule has 21 heavy (non-hydrogen) atoms. The Bertz CT molecular complexity index is 422. The molecule has 7 heteroatoms. The number of ether oxygens (including phenoxy) is 2. The van der Waals surface area contributed by atoms with Gasteiger partial charge in [-0.2, -0.15) is 4.98 Å². The zero-order valence-corrected chi connectivity index (χ0v) is 14.4. The molecule has 0 spiro atoms. The molecule has 0 bridgehead atoms. The Kier molecular flexibility index (Phi) is 7.59. The van der Waals surface area contributed by atoms with Gasteiger partial charge in [0.1, 0.15) is 0 Å². The van der Waals surface area contributed by atoms with Gasteiger partial charge in [-0.05, 0) is 18.1 Å². The van der Waals surface area contributed by atoms with Gasteiger partial charge in [0.05, 0.1) is 12.8 Å². The molecular formula is C14H26FN3O2Si.